The van der Waals surface area contributed by atoms with E-state index in [0.717, 1.165) is 16.9 Å². The lowest BCUT2D eigenvalue weighted by Gasteiger charge is -2.12. The van der Waals surface area contributed by atoms with Crippen LogP contribution >= 0.6 is 0 Å². The second-order valence-corrected chi connectivity index (χ2v) is 6.58. The molecular formula is C24H25N3O4. The Morgan fingerprint density at radius 1 is 1.00 bits per heavy atom. The first-order valence-corrected chi connectivity index (χ1v) is 9.79. The van der Waals surface area contributed by atoms with Gasteiger partial charge < -0.3 is 14.2 Å². The Balaban J connectivity index is 1.76. The Hall–Kier alpha value is -3.87. The Kier molecular flexibility index (Phi) is 7.22. The number of hydrogen-bond donors (Lipinski definition) is 0. The van der Waals surface area contributed by atoms with E-state index < -0.39 is 0 Å². The van der Waals surface area contributed by atoms with Crippen molar-refractivity contribution in [1.29, 1.82) is 0 Å². The maximum Gasteiger partial charge on any atom is 0.292 e. The number of amides is 1. The van der Waals surface area contributed by atoms with Gasteiger partial charge in [-0.1, -0.05) is 6.07 Å². The topological polar surface area (TPSA) is 73.2 Å². The molecule has 3 aromatic rings. The number of aromatic nitrogens is 1. The Morgan fingerprint density at radius 2 is 1.68 bits per heavy atom. The first-order chi connectivity index (χ1) is 15.0. The lowest BCUT2D eigenvalue weighted by molar-refractivity contribution is 0.0794. The maximum absolute atomic E-state index is 12.8. The smallest absolute Gasteiger partial charge is 0.292 e. The third-order valence-corrected chi connectivity index (χ3v) is 4.48. The lowest BCUT2D eigenvalue weighted by Crippen LogP contribution is -2.22. The molecule has 1 amide bonds. The molecule has 0 unspecified atom stereocenters. The van der Waals surface area contributed by atoms with Crippen LogP contribution in [0, 0.1) is 0 Å². The fourth-order valence-electron chi connectivity index (χ4n) is 2.88. The standard InChI is InChI=1S/C24H25N3O4/c1-5-31-19-11-9-18(10-12-19)22-7-6-8-23(26-22)24(28)27(2)25-16-17-13-20(29-3)15-21(14-17)30-4/h6-16H,5H2,1-4H3/b25-16+. The van der Waals surface area contributed by atoms with Crippen molar-refractivity contribution in [1.82, 2.24) is 9.99 Å². The van der Waals surface area contributed by atoms with Gasteiger partial charge in [-0.05, 0) is 55.5 Å². The second kappa shape index (κ2) is 10.2. The monoisotopic (exact) mass is 419 g/mol. The van der Waals surface area contributed by atoms with Gasteiger partial charge in [-0.15, -0.1) is 0 Å². The van der Waals surface area contributed by atoms with Gasteiger partial charge in [0.05, 0.1) is 32.7 Å². The highest BCUT2D eigenvalue weighted by Crippen LogP contribution is 2.22. The largest absolute Gasteiger partial charge is 0.497 e. The third kappa shape index (κ3) is 5.60. The van der Waals surface area contributed by atoms with Crippen LogP contribution in [0.4, 0.5) is 0 Å². The molecule has 0 atom stereocenters. The molecule has 0 radical (unpaired) electrons. The van der Waals surface area contributed by atoms with Crippen LogP contribution in [-0.4, -0.2) is 50.0 Å². The highest BCUT2D eigenvalue weighted by molar-refractivity contribution is 5.93. The van der Waals surface area contributed by atoms with Gasteiger partial charge in [0, 0.05) is 24.2 Å². The number of carbonyl (C=O) groups excluding carboxylic acids is 1. The molecule has 3 rings (SSSR count). The predicted molar refractivity (Wildman–Crippen MR) is 120 cm³/mol. The summed E-state index contributed by atoms with van der Waals surface area (Å²) < 4.78 is 16.0. The molecule has 0 saturated heterocycles. The van der Waals surface area contributed by atoms with Crippen molar-refractivity contribution >= 4 is 12.1 Å². The molecule has 0 aliphatic rings. The number of nitrogens with zero attached hydrogens (tertiary/aromatic N) is 3. The zero-order valence-electron chi connectivity index (χ0n) is 18.0. The minimum Gasteiger partial charge on any atom is -0.497 e. The molecule has 7 nitrogen and oxygen atoms in total. The molecule has 1 heterocycles. The minimum absolute atomic E-state index is 0.300. The van der Waals surface area contributed by atoms with Crippen LogP contribution in [-0.2, 0) is 0 Å². The number of pyridine rings is 1. The van der Waals surface area contributed by atoms with Crippen molar-refractivity contribution in [3.8, 4) is 28.5 Å². The number of ether oxygens (including phenoxy) is 3. The van der Waals surface area contributed by atoms with Crippen LogP contribution < -0.4 is 14.2 Å². The van der Waals surface area contributed by atoms with Gasteiger partial charge in [-0.3, -0.25) is 4.79 Å². The summed E-state index contributed by atoms with van der Waals surface area (Å²) in [6.07, 6.45) is 1.57. The van der Waals surface area contributed by atoms with Crippen molar-refractivity contribution in [2.75, 3.05) is 27.9 Å². The predicted octanol–water partition coefficient (Wildman–Crippen LogP) is 4.27. The van der Waals surface area contributed by atoms with Gasteiger partial charge in [-0.2, -0.15) is 5.10 Å². The van der Waals surface area contributed by atoms with Crippen molar-refractivity contribution in [2.45, 2.75) is 6.92 Å². The van der Waals surface area contributed by atoms with E-state index in [2.05, 4.69) is 10.1 Å². The fraction of sp³-hybridized carbons (Fsp3) is 0.208. The summed E-state index contributed by atoms with van der Waals surface area (Å²) in [5.41, 5.74) is 2.64. The van der Waals surface area contributed by atoms with Gasteiger partial charge in [0.2, 0.25) is 0 Å². The molecule has 0 N–H and O–H groups in total. The highest BCUT2D eigenvalue weighted by Gasteiger charge is 2.13. The van der Waals surface area contributed by atoms with E-state index in [1.54, 1.807) is 57.8 Å². The molecule has 160 valence electrons. The van der Waals surface area contributed by atoms with Gasteiger partial charge in [0.25, 0.3) is 5.91 Å². The molecule has 0 fully saturated rings. The van der Waals surface area contributed by atoms with Crippen LogP contribution in [0.25, 0.3) is 11.3 Å². The van der Waals surface area contributed by atoms with Crippen LogP contribution in [0.2, 0.25) is 0 Å². The van der Waals surface area contributed by atoms with Gasteiger partial charge in [0.1, 0.15) is 22.9 Å². The van der Waals surface area contributed by atoms with Gasteiger partial charge >= 0.3 is 0 Å². The molecule has 0 bridgehead atoms. The summed E-state index contributed by atoms with van der Waals surface area (Å²) in [6, 6.07) is 18.3. The molecule has 0 spiro atoms. The van der Waals surface area contributed by atoms with E-state index >= 15 is 0 Å². The van der Waals surface area contributed by atoms with E-state index in [1.807, 2.05) is 37.3 Å². The van der Waals surface area contributed by atoms with Crippen molar-refractivity contribution in [2.24, 2.45) is 5.10 Å². The van der Waals surface area contributed by atoms with E-state index in [-0.39, 0.29) is 5.91 Å². The Bertz CT molecular complexity index is 1040. The zero-order valence-corrected chi connectivity index (χ0v) is 18.0. The summed E-state index contributed by atoms with van der Waals surface area (Å²) in [6.45, 7) is 2.55. The fourth-order valence-corrected chi connectivity index (χ4v) is 2.88. The number of carbonyl (C=O) groups is 1. The van der Waals surface area contributed by atoms with Crippen LogP contribution in [0.15, 0.2) is 65.8 Å². The molecule has 2 aromatic carbocycles. The number of benzene rings is 2. The summed E-state index contributed by atoms with van der Waals surface area (Å²) in [4.78, 5) is 17.3. The normalized spacial score (nSPS) is 10.7. The molecule has 31 heavy (non-hydrogen) atoms. The average molecular weight is 419 g/mol. The number of hydrogen-bond acceptors (Lipinski definition) is 6. The van der Waals surface area contributed by atoms with E-state index in [4.69, 9.17) is 14.2 Å². The summed E-state index contributed by atoms with van der Waals surface area (Å²) in [5, 5.41) is 5.49. The Morgan fingerprint density at radius 3 is 2.29 bits per heavy atom. The summed E-state index contributed by atoms with van der Waals surface area (Å²) in [5.74, 6) is 1.75. The minimum atomic E-state index is -0.320. The van der Waals surface area contributed by atoms with Gasteiger partial charge in [-0.25, -0.2) is 9.99 Å². The van der Waals surface area contributed by atoms with E-state index in [1.165, 1.54) is 5.01 Å². The second-order valence-electron chi connectivity index (χ2n) is 6.58. The van der Waals surface area contributed by atoms with Crippen molar-refractivity contribution in [3.05, 3.63) is 71.9 Å². The quantitative estimate of drug-likeness (QED) is 0.403. The number of hydrazone groups is 1. The first-order valence-electron chi connectivity index (χ1n) is 9.79. The number of rotatable bonds is 8. The molecule has 1 aromatic heterocycles. The molecule has 0 aliphatic carbocycles. The average Bonchev–Trinajstić information content (AvgIpc) is 2.82. The highest BCUT2D eigenvalue weighted by atomic mass is 16.5. The lowest BCUT2D eigenvalue weighted by atomic mass is 10.1. The number of methoxy groups -OCH3 is 2. The van der Waals surface area contributed by atoms with E-state index in [9.17, 15) is 4.79 Å². The maximum atomic E-state index is 12.8. The molecular weight excluding hydrogens is 394 g/mol. The third-order valence-electron chi connectivity index (χ3n) is 4.48. The van der Waals surface area contributed by atoms with Crippen molar-refractivity contribution < 1.29 is 19.0 Å². The van der Waals surface area contributed by atoms with Crippen LogP contribution in [0.5, 0.6) is 17.2 Å². The summed E-state index contributed by atoms with van der Waals surface area (Å²) >= 11 is 0. The Labute approximate surface area is 181 Å². The summed E-state index contributed by atoms with van der Waals surface area (Å²) in [7, 11) is 4.74. The van der Waals surface area contributed by atoms with Crippen LogP contribution in [0.1, 0.15) is 23.0 Å². The van der Waals surface area contributed by atoms with E-state index in [0.29, 0.717) is 29.5 Å². The van der Waals surface area contributed by atoms with Gasteiger partial charge in [0.15, 0.2) is 0 Å². The molecule has 0 saturated carbocycles. The van der Waals surface area contributed by atoms with Crippen molar-refractivity contribution in [3.63, 3.8) is 0 Å². The molecule has 7 heteroatoms. The first kappa shape index (κ1) is 21.8. The SMILES string of the molecule is CCOc1ccc(-c2cccc(C(=O)N(C)/N=C/c3cc(OC)cc(OC)c3)n2)cc1. The zero-order chi connectivity index (χ0) is 22.2. The van der Waals surface area contributed by atoms with Crippen LogP contribution in [0.3, 0.4) is 0 Å². The molecule has 0 aliphatic heterocycles.